The number of Topliss-reactive ketones (excluding diaryl/α,β-unsaturated/α-hetero) is 1. The molecule has 13 nitrogen and oxygen atoms in total. The molecule has 0 atom stereocenters. The van der Waals surface area contributed by atoms with Gasteiger partial charge in [-0.15, -0.1) is 0 Å². The number of hydrogen-bond donors (Lipinski definition) is 3. The van der Waals surface area contributed by atoms with E-state index in [9.17, 15) is 33.9 Å². The van der Waals surface area contributed by atoms with Gasteiger partial charge < -0.3 is 19.9 Å². The fourth-order valence-electron chi connectivity index (χ4n) is 3.19. The monoisotopic (exact) mass is 522 g/mol. The number of carboxylic acid groups (broad SMARTS) is 1. The van der Waals surface area contributed by atoms with Gasteiger partial charge in [0.15, 0.2) is 11.5 Å². The minimum absolute atomic E-state index is 0.0603. The molecule has 0 saturated carbocycles. The number of nitrogens with one attached hydrogen (secondary N) is 2. The summed E-state index contributed by atoms with van der Waals surface area (Å²) in [7, 11) is 1.14. The van der Waals surface area contributed by atoms with Crippen molar-refractivity contribution in [2.45, 2.75) is 6.92 Å². The molecule has 1 aliphatic heterocycles. The highest BCUT2D eigenvalue weighted by Gasteiger charge is 2.23. The van der Waals surface area contributed by atoms with E-state index in [1.807, 2.05) is 0 Å². The summed E-state index contributed by atoms with van der Waals surface area (Å²) in [6.45, 7) is 1.24. The van der Waals surface area contributed by atoms with Crippen molar-refractivity contribution in [1.82, 2.24) is 4.90 Å². The Balaban J connectivity index is 1.66. The van der Waals surface area contributed by atoms with Crippen LogP contribution in [0.5, 0.6) is 5.75 Å². The van der Waals surface area contributed by atoms with E-state index >= 15 is 0 Å². The third kappa shape index (κ3) is 6.66. The SMILES string of the molecule is COC(=O)c1ccc(C(=O)O)cc1N/N=C(\C(C)=O)C(=O)Nc1ccc(OCCN2C(=O)C=CC2=O)cc1. The van der Waals surface area contributed by atoms with Crippen molar-refractivity contribution in [1.29, 1.82) is 0 Å². The Morgan fingerprint density at radius 2 is 1.66 bits per heavy atom. The molecule has 0 unspecified atom stereocenters. The van der Waals surface area contributed by atoms with Crippen LogP contribution in [0.2, 0.25) is 0 Å². The molecule has 2 aromatic rings. The number of hydrazone groups is 1. The summed E-state index contributed by atoms with van der Waals surface area (Å²) in [5.41, 5.74) is 1.84. The van der Waals surface area contributed by atoms with Gasteiger partial charge in [-0.2, -0.15) is 5.10 Å². The lowest BCUT2D eigenvalue weighted by atomic mass is 10.1. The zero-order chi connectivity index (χ0) is 27.8. The molecule has 1 heterocycles. The minimum atomic E-state index is -1.26. The van der Waals surface area contributed by atoms with E-state index < -0.39 is 41.2 Å². The zero-order valence-corrected chi connectivity index (χ0v) is 20.2. The molecule has 3 N–H and O–H groups in total. The van der Waals surface area contributed by atoms with Gasteiger partial charge in [0.1, 0.15) is 12.4 Å². The Morgan fingerprint density at radius 3 is 2.24 bits per heavy atom. The third-order valence-corrected chi connectivity index (χ3v) is 5.10. The second-order valence-corrected chi connectivity index (χ2v) is 7.67. The Bertz CT molecular complexity index is 1350. The van der Waals surface area contributed by atoms with Crippen LogP contribution in [0.15, 0.2) is 59.7 Å². The molecular formula is C25H22N4O9. The standard InChI is InChI=1S/C25H22N4O9/c1-14(30)22(28-27-19-13-15(24(34)35)3-8-18(19)25(36)37-2)23(33)26-16-4-6-17(7-5-16)38-12-11-29-20(31)9-10-21(29)32/h3-10,13,27H,11-12H2,1-2H3,(H,26,33)(H,34,35)/b28-22+. The first kappa shape index (κ1) is 27.3. The number of hydrogen-bond acceptors (Lipinski definition) is 10. The van der Waals surface area contributed by atoms with Crippen molar-refractivity contribution in [2.24, 2.45) is 5.10 Å². The van der Waals surface area contributed by atoms with Crippen molar-refractivity contribution < 1.29 is 43.3 Å². The predicted molar refractivity (Wildman–Crippen MR) is 133 cm³/mol. The van der Waals surface area contributed by atoms with Crippen molar-refractivity contribution >= 4 is 52.5 Å². The smallest absolute Gasteiger partial charge is 0.340 e. The van der Waals surface area contributed by atoms with E-state index in [1.54, 1.807) is 0 Å². The van der Waals surface area contributed by atoms with Crippen LogP contribution in [0.25, 0.3) is 0 Å². The maximum Gasteiger partial charge on any atom is 0.340 e. The summed E-state index contributed by atoms with van der Waals surface area (Å²) in [6, 6.07) is 9.57. The van der Waals surface area contributed by atoms with Crippen molar-refractivity contribution in [3.63, 3.8) is 0 Å². The van der Waals surface area contributed by atoms with Crippen LogP contribution in [0.1, 0.15) is 27.6 Å². The van der Waals surface area contributed by atoms with E-state index in [-0.39, 0.29) is 30.0 Å². The highest BCUT2D eigenvalue weighted by molar-refractivity contribution is 6.67. The zero-order valence-electron chi connectivity index (χ0n) is 20.2. The molecule has 0 bridgehead atoms. The van der Waals surface area contributed by atoms with Crippen molar-refractivity contribution in [3.05, 3.63) is 65.7 Å². The number of esters is 1. The number of carboxylic acids is 1. The quantitative estimate of drug-likeness (QED) is 0.129. The molecule has 196 valence electrons. The van der Waals surface area contributed by atoms with Gasteiger partial charge in [0.2, 0.25) is 0 Å². The largest absolute Gasteiger partial charge is 0.492 e. The van der Waals surface area contributed by atoms with Crippen LogP contribution in [-0.2, 0) is 23.9 Å². The average Bonchev–Trinajstić information content (AvgIpc) is 3.21. The van der Waals surface area contributed by atoms with Crippen LogP contribution in [0.3, 0.4) is 0 Å². The summed E-state index contributed by atoms with van der Waals surface area (Å²) >= 11 is 0. The molecule has 3 rings (SSSR count). The van der Waals surface area contributed by atoms with E-state index in [1.165, 1.54) is 48.6 Å². The van der Waals surface area contributed by atoms with Gasteiger partial charge in [-0.3, -0.25) is 29.5 Å². The van der Waals surface area contributed by atoms with E-state index in [4.69, 9.17) is 4.74 Å². The Morgan fingerprint density at radius 1 is 1.00 bits per heavy atom. The lowest BCUT2D eigenvalue weighted by molar-refractivity contribution is -0.137. The van der Waals surface area contributed by atoms with Crippen LogP contribution in [0.4, 0.5) is 11.4 Å². The number of ketones is 1. The minimum Gasteiger partial charge on any atom is -0.492 e. The molecule has 0 fully saturated rings. The highest BCUT2D eigenvalue weighted by Crippen LogP contribution is 2.20. The maximum atomic E-state index is 12.7. The number of carbonyl (C=O) groups is 6. The number of amides is 3. The van der Waals surface area contributed by atoms with Gasteiger partial charge in [0.25, 0.3) is 17.7 Å². The number of rotatable bonds is 11. The summed E-state index contributed by atoms with van der Waals surface area (Å²) < 4.78 is 10.2. The number of ether oxygens (including phenoxy) is 2. The second-order valence-electron chi connectivity index (χ2n) is 7.67. The maximum absolute atomic E-state index is 12.7. The Labute approximate surface area is 215 Å². The number of nitrogens with zero attached hydrogens (tertiary/aromatic N) is 2. The van der Waals surface area contributed by atoms with Crippen LogP contribution in [0, 0.1) is 0 Å². The lowest BCUT2D eigenvalue weighted by Gasteiger charge is -2.14. The summed E-state index contributed by atoms with van der Waals surface area (Å²) in [4.78, 5) is 72.2. The number of methoxy groups -OCH3 is 1. The van der Waals surface area contributed by atoms with Gasteiger partial charge in [-0.25, -0.2) is 9.59 Å². The molecular weight excluding hydrogens is 500 g/mol. The first-order valence-electron chi connectivity index (χ1n) is 11.0. The van der Waals surface area contributed by atoms with Crippen LogP contribution < -0.4 is 15.5 Å². The third-order valence-electron chi connectivity index (χ3n) is 5.10. The second kappa shape index (κ2) is 12.1. The number of carbonyl (C=O) groups excluding carboxylic acids is 5. The number of imide groups is 1. The van der Waals surface area contributed by atoms with Gasteiger partial charge in [-0.05, 0) is 42.5 Å². The molecule has 0 saturated heterocycles. The van der Waals surface area contributed by atoms with E-state index in [0.717, 1.165) is 25.0 Å². The lowest BCUT2D eigenvalue weighted by Crippen LogP contribution is -2.33. The molecule has 3 amide bonds. The van der Waals surface area contributed by atoms with Crippen molar-refractivity contribution in [2.75, 3.05) is 31.0 Å². The molecule has 1 aliphatic rings. The van der Waals surface area contributed by atoms with Crippen LogP contribution >= 0.6 is 0 Å². The fourth-order valence-corrected chi connectivity index (χ4v) is 3.19. The van der Waals surface area contributed by atoms with Crippen molar-refractivity contribution in [3.8, 4) is 5.75 Å². The molecule has 0 aromatic heterocycles. The summed E-state index contributed by atoms with van der Waals surface area (Å²) in [5.74, 6) is -4.04. The first-order chi connectivity index (χ1) is 18.1. The average molecular weight is 522 g/mol. The van der Waals surface area contributed by atoms with Gasteiger partial charge in [0.05, 0.1) is 30.5 Å². The number of benzene rings is 2. The predicted octanol–water partition coefficient (Wildman–Crippen LogP) is 1.47. The molecule has 13 heteroatoms. The number of aromatic carboxylic acids is 1. The van der Waals surface area contributed by atoms with E-state index in [2.05, 4.69) is 20.6 Å². The molecule has 0 aliphatic carbocycles. The molecule has 2 aromatic carbocycles. The van der Waals surface area contributed by atoms with Gasteiger partial charge in [-0.1, -0.05) is 0 Å². The number of anilines is 2. The Hall–Kier alpha value is -5.33. The van der Waals surface area contributed by atoms with E-state index in [0.29, 0.717) is 11.4 Å². The van der Waals surface area contributed by atoms with Crippen LogP contribution in [-0.4, -0.2) is 71.4 Å². The topological polar surface area (TPSA) is 181 Å². The molecule has 0 spiro atoms. The summed E-state index contributed by atoms with van der Waals surface area (Å²) in [6.07, 6.45) is 2.36. The molecule has 38 heavy (non-hydrogen) atoms. The molecule has 0 radical (unpaired) electrons. The fraction of sp³-hybridized carbons (Fsp3) is 0.160. The first-order valence-corrected chi connectivity index (χ1v) is 11.0. The normalized spacial score (nSPS) is 12.8. The Kier molecular flexibility index (Phi) is 8.66. The van der Waals surface area contributed by atoms with Gasteiger partial charge in [0, 0.05) is 24.8 Å². The summed E-state index contributed by atoms with van der Waals surface area (Å²) in [5, 5.41) is 15.5. The highest BCUT2D eigenvalue weighted by atomic mass is 16.5. The van der Waals surface area contributed by atoms with Gasteiger partial charge >= 0.3 is 11.9 Å².